The van der Waals surface area contributed by atoms with Crippen LogP contribution in [0.3, 0.4) is 0 Å². The summed E-state index contributed by atoms with van der Waals surface area (Å²) in [4.78, 5) is 26.7. The predicted molar refractivity (Wildman–Crippen MR) is 145 cm³/mol. The fourth-order valence-electron chi connectivity index (χ4n) is 4.64. The van der Waals surface area contributed by atoms with Crippen molar-refractivity contribution in [3.05, 3.63) is 107 Å². The normalized spacial score (nSPS) is 13.5. The molecule has 0 atom stereocenters. The number of hydrogen-bond donors (Lipinski definition) is 1. The van der Waals surface area contributed by atoms with Gasteiger partial charge in [-0.2, -0.15) is 0 Å². The largest absolute Gasteiger partial charge is 0.353 e. The molecule has 1 aromatic heterocycles. The summed E-state index contributed by atoms with van der Waals surface area (Å²) in [5, 5.41) is 2.69. The molecule has 0 saturated carbocycles. The lowest BCUT2D eigenvalue weighted by atomic mass is 10.0. The highest BCUT2D eigenvalue weighted by molar-refractivity contribution is 5.89. The van der Waals surface area contributed by atoms with Crippen LogP contribution in [0.15, 0.2) is 78.9 Å². The van der Waals surface area contributed by atoms with Crippen LogP contribution in [0.5, 0.6) is 0 Å². The minimum Gasteiger partial charge on any atom is -0.353 e. The van der Waals surface area contributed by atoms with Crippen molar-refractivity contribution in [3.8, 4) is 11.4 Å². The molecular formula is C30H30FN5O. The molecule has 2 amide bonds. The van der Waals surface area contributed by atoms with Gasteiger partial charge in [0.1, 0.15) is 11.6 Å². The number of piperazine rings is 1. The van der Waals surface area contributed by atoms with E-state index in [4.69, 9.17) is 9.97 Å². The summed E-state index contributed by atoms with van der Waals surface area (Å²) in [6.45, 7) is 6.36. The third kappa shape index (κ3) is 5.61. The Morgan fingerprint density at radius 3 is 2.35 bits per heavy atom. The molecule has 0 unspecified atom stereocenters. The average molecular weight is 496 g/mol. The molecule has 0 bridgehead atoms. The van der Waals surface area contributed by atoms with Gasteiger partial charge in [-0.1, -0.05) is 66.2 Å². The number of carbonyl (C=O) groups excluding carboxylic acids is 1. The van der Waals surface area contributed by atoms with Gasteiger partial charge < -0.3 is 15.1 Å². The second-order valence-corrected chi connectivity index (χ2v) is 9.35. The minimum absolute atomic E-state index is 0.189. The fraction of sp³-hybridized carbons (Fsp3) is 0.233. The quantitative estimate of drug-likeness (QED) is 0.378. The van der Waals surface area contributed by atoms with E-state index in [0.717, 1.165) is 34.6 Å². The number of nitrogens with zero attached hydrogens (tertiary/aromatic N) is 4. The summed E-state index contributed by atoms with van der Waals surface area (Å²) >= 11 is 0. The fourth-order valence-corrected chi connectivity index (χ4v) is 4.64. The van der Waals surface area contributed by atoms with Crippen molar-refractivity contribution in [2.45, 2.75) is 20.3 Å². The molecule has 37 heavy (non-hydrogen) atoms. The molecule has 3 aromatic carbocycles. The molecule has 1 N–H and O–H groups in total. The number of aryl methyl sites for hydroxylation is 2. The van der Waals surface area contributed by atoms with Gasteiger partial charge in [0, 0.05) is 49.4 Å². The van der Waals surface area contributed by atoms with Gasteiger partial charge in [0.15, 0.2) is 5.82 Å². The number of carbonyl (C=O) groups is 1. The first kappa shape index (κ1) is 24.4. The van der Waals surface area contributed by atoms with Gasteiger partial charge in [-0.15, -0.1) is 0 Å². The molecule has 4 aromatic rings. The van der Waals surface area contributed by atoms with E-state index in [2.05, 4.69) is 41.4 Å². The number of anilines is 2. The van der Waals surface area contributed by atoms with Gasteiger partial charge in [0.25, 0.3) is 0 Å². The zero-order valence-corrected chi connectivity index (χ0v) is 21.1. The molecule has 188 valence electrons. The molecule has 1 aliphatic heterocycles. The summed E-state index contributed by atoms with van der Waals surface area (Å²) in [5.41, 5.74) is 5.56. The molecule has 1 aliphatic rings. The van der Waals surface area contributed by atoms with E-state index in [-0.39, 0.29) is 11.7 Å². The van der Waals surface area contributed by atoms with Crippen molar-refractivity contribution in [3.63, 3.8) is 0 Å². The zero-order valence-electron chi connectivity index (χ0n) is 21.1. The molecule has 5 rings (SSSR count). The lowest BCUT2D eigenvalue weighted by Crippen LogP contribution is -2.50. The smallest absolute Gasteiger partial charge is 0.322 e. The third-order valence-corrected chi connectivity index (χ3v) is 6.67. The molecule has 2 heterocycles. The molecular weight excluding hydrogens is 465 g/mol. The Morgan fingerprint density at radius 1 is 0.892 bits per heavy atom. The molecule has 0 spiro atoms. The number of rotatable bonds is 5. The van der Waals surface area contributed by atoms with E-state index in [1.165, 1.54) is 11.6 Å². The Labute approximate surface area is 216 Å². The Morgan fingerprint density at radius 2 is 1.62 bits per heavy atom. The predicted octanol–water partition coefficient (Wildman–Crippen LogP) is 5.84. The summed E-state index contributed by atoms with van der Waals surface area (Å²) in [6.07, 6.45) is 0.726. The number of para-hydroxylation sites is 1. The molecule has 6 nitrogen and oxygen atoms in total. The molecule has 0 radical (unpaired) electrons. The minimum atomic E-state index is -0.444. The van der Waals surface area contributed by atoms with Crippen LogP contribution in [0, 0.1) is 19.7 Å². The van der Waals surface area contributed by atoms with Crippen LogP contribution >= 0.6 is 0 Å². The average Bonchev–Trinajstić information content (AvgIpc) is 2.91. The van der Waals surface area contributed by atoms with Crippen LogP contribution < -0.4 is 10.2 Å². The first-order valence-electron chi connectivity index (χ1n) is 12.5. The monoisotopic (exact) mass is 495 g/mol. The molecule has 0 aliphatic carbocycles. The number of aromatic nitrogens is 2. The topological polar surface area (TPSA) is 61.4 Å². The molecule has 7 heteroatoms. The number of urea groups is 1. The first-order valence-corrected chi connectivity index (χ1v) is 12.5. The third-order valence-electron chi connectivity index (χ3n) is 6.67. The number of benzene rings is 3. The van der Waals surface area contributed by atoms with E-state index < -0.39 is 5.82 Å². The molecule has 1 fully saturated rings. The lowest BCUT2D eigenvalue weighted by Gasteiger charge is -2.36. The van der Waals surface area contributed by atoms with Crippen molar-refractivity contribution >= 4 is 17.5 Å². The highest BCUT2D eigenvalue weighted by Gasteiger charge is 2.26. The van der Waals surface area contributed by atoms with Crippen molar-refractivity contribution in [1.82, 2.24) is 14.9 Å². The van der Waals surface area contributed by atoms with E-state index >= 15 is 0 Å². The summed E-state index contributed by atoms with van der Waals surface area (Å²) < 4.78 is 14.0. The van der Waals surface area contributed by atoms with Crippen molar-refractivity contribution in [1.29, 1.82) is 0 Å². The van der Waals surface area contributed by atoms with E-state index in [1.54, 1.807) is 23.1 Å². The van der Waals surface area contributed by atoms with Crippen molar-refractivity contribution in [2.24, 2.45) is 0 Å². The van der Waals surface area contributed by atoms with Crippen LogP contribution in [-0.2, 0) is 6.42 Å². The first-order chi connectivity index (χ1) is 18.0. The number of amides is 2. The summed E-state index contributed by atoms with van der Waals surface area (Å²) in [7, 11) is 0. The van der Waals surface area contributed by atoms with Gasteiger partial charge in [0.2, 0.25) is 0 Å². The standard InChI is InChI=1S/C30H30FN5O/c1-21-9-8-12-24(19-21)28-32-22(2)25(20-23-10-4-3-5-11-23)29(34-28)35-15-17-36(18-16-35)30(37)33-27-14-7-6-13-26(27)31/h3-14,19H,15-18,20H2,1-2H3,(H,33,37). The van der Waals surface area contributed by atoms with Crippen LogP contribution in [0.4, 0.5) is 20.7 Å². The Bertz CT molecular complexity index is 1400. The Balaban J connectivity index is 1.40. The van der Waals surface area contributed by atoms with E-state index in [9.17, 15) is 9.18 Å². The van der Waals surface area contributed by atoms with Gasteiger partial charge in [-0.3, -0.25) is 0 Å². The van der Waals surface area contributed by atoms with Crippen LogP contribution in [0.25, 0.3) is 11.4 Å². The van der Waals surface area contributed by atoms with Gasteiger partial charge >= 0.3 is 6.03 Å². The summed E-state index contributed by atoms with van der Waals surface area (Å²) in [5.74, 6) is 1.16. The van der Waals surface area contributed by atoms with E-state index in [0.29, 0.717) is 32.0 Å². The van der Waals surface area contributed by atoms with Crippen molar-refractivity contribution in [2.75, 3.05) is 36.4 Å². The van der Waals surface area contributed by atoms with Gasteiger partial charge in [0.05, 0.1) is 5.69 Å². The Kier molecular flexibility index (Phi) is 7.12. The second kappa shape index (κ2) is 10.8. The second-order valence-electron chi connectivity index (χ2n) is 9.35. The van der Waals surface area contributed by atoms with Crippen LogP contribution in [0.2, 0.25) is 0 Å². The highest BCUT2D eigenvalue weighted by Crippen LogP contribution is 2.29. The summed E-state index contributed by atoms with van der Waals surface area (Å²) in [6, 6.07) is 24.5. The number of hydrogen-bond acceptors (Lipinski definition) is 4. The lowest BCUT2D eigenvalue weighted by molar-refractivity contribution is 0.208. The number of nitrogens with one attached hydrogen (secondary N) is 1. The highest BCUT2D eigenvalue weighted by atomic mass is 19.1. The molecule has 1 saturated heterocycles. The van der Waals surface area contributed by atoms with Crippen molar-refractivity contribution < 1.29 is 9.18 Å². The maximum absolute atomic E-state index is 14.0. The SMILES string of the molecule is Cc1cccc(-c2nc(C)c(Cc3ccccc3)c(N3CCN(C(=O)Nc4ccccc4F)CC3)n2)c1. The number of halogens is 1. The van der Waals surface area contributed by atoms with Crippen LogP contribution in [-0.4, -0.2) is 47.1 Å². The van der Waals surface area contributed by atoms with Crippen LogP contribution in [0.1, 0.15) is 22.4 Å². The van der Waals surface area contributed by atoms with Gasteiger partial charge in [-0.25, -0.2) is 19.2 Å². The van der Waals surface area contributed by atoms with Gasteiger partial charge in [-0.05, 0) is 37.6 Å². The maximum atomic E-state index is 14.0. The zero-order chi connectivity index (χ0) is 25.8. The Hall–Kier alpha value is -4.26. The van der Waals surface area contributed by atoms with E-state index in [1.807, 2.05) is 37.3 Å². The maximum Gasteiger partial charge on any atom is 0.322 e.